The zero-order chi connectivity index (χ0) is 12.9. The second-order valence-electron chi connectivity index (χ2n) is 4.72. The molecule has 1 aromatic carbocycles. The molecule has 17 heavy (non-hydrogen) atoms. The van der Waals surface area contributed by atoms with Crippen LogP contribution in [0.2, 0.25) is 0 Å². The fourth-order valence-corrected chi connectivity index (χ4v) is 1.91. The molecule has 0 aliphatic heterocycles. The van der Waals surface area contributed by atoms with Crippen LogP contribution in [0.1, 0.15) is 31.4 Å². The minimum atomic E-state index is -0.730. The van der Waals surface area contributed by atoms with Crippen LogP contribution in [-0.4, -0.2) is 18.5 Å². The van der Waals surface area contributed by atoms with Crippen LogP contribution in [-0.2, 0) is 11.2 Å². The maximum absolute atomic E-state index is 9.90. The van der Waals surface area contributed by atoms with Crippen LogP contribution in [0.4, 0.5) is 0 Å². The van der Waals surface area contributed by atoms with Crippen LogP contribution in [0.5, 0.6) is 0 Å². The van der Waals surface area contributed by atoms with Crippen molar-refractivity contribution in [3.8, 4) is 0 Å². The molecule has 2 atom stereocenters. The maximum Gasteiger partial charge on any atom is 0.159 e. The third kappa shape index (κ3) is 3.42. The molecule has 94 valence electrons. The van der Waals surface area contributed by atoms with Crippen LogP contribution in [0.3, 0.4) is 0 Å². The second kappa shape index (κ2) is 5.99. The highest BCUT2D eigenvalue weighted by Crippen LogP contribution is 2.31. The van der Waals surface area contributed by atoms with E-state index in [0.717, 1.165) is 18.4 Å². The first-order valence-corrected chi connectivity index (χ1v) is 5.98. The SMILES string of the molecule is C=Cc1ccc(CC(C)(CC)C(O)OC)cc1. The molecule has 0 heterocycles. The van der Waals surface area contributed by atoms with Gasteiger partial charge in [-0.05, 0) is 24.0 Å². The van der Waals surface area contributed by atoms with Gasteiger partial charge in [-0.25, -0.2) is 0 Å². The molecule has 2 nitrogen and oxygen atoms in total. The van der Waals surface area contributed by atoms with E-state index in [1.807, 2.05) is 25.1 Å². The van der Waals surface area contributed by atoms with Gasteiger partial charge in [0.1, 0.15) is 0 Å². The molecule has 0 amide bonds. The summed E-state index contributed by atoms with van der Waals surface area (Å²) in [5, 5.41) is 9.90. The molecule has 0 radical (unpaired) electrons. The lowest BCUT2D eigenvalue weighted by Crippen LogP contribution is -2.35. The Morgan fingerprint density at radius 1 is 1.41 bits per heavy atom. The quantitative estimate of drug-likeness (QED) is 0.766. The Balaban J connectivity index is 2.83. The molecule has 0 spiro atoms. The van der Waals surface area contributed by atoms with E-state index in [0.29, 0.717) is 0 Å². The van der Waals surface area contributed by atoms with Gasteiger partial charge in [0.15, 0.2) is 6.29 Å². The number of aliphatic hydroxyl groups is 1. The summed E-state index contributed by atoms with van der Waals surface area (Å²) in [6, 6.07) is 8.23. The van der Waals surface area contributed by atoms with Crippen LogP contribution in [0, 0.1) is 5.41 Å². The number of methoxy groups -OCH3 is 1. The summed E-state index contributed by atoms with van der Waals surface area (Å²) in [5.74, 6) is 0. The predicted molar refractivity (Wildman–Crippen MR) is 71.7 cm³/mol. The van der Waals surface area contributed by atoms with Crippen molar-refractivity contribution in [2.45, 2.75) is 33.0 Å². The van der Waals surface area contributed by atoms with Gasteiger partial charge >= 0.3 is 0 Å². The van der Waals surface area contributed by atoms with E-state index >= 15 is 0 Å². The first-order chi connectivity index (χ1) is 8.05. The fraction of sp³-hybridized carbons (Fsp3) is 0.467. The van der Waals surface area contributed by atoms with Gasteiger partial charge in [0.05, 0.1) is 0 Å². The molecule has 0 saturated heterocycles. The summed E-state index contributed by atoms with van der Waals surface area (Å²) in [4.78, 5) is 0. The van der Waals surface area contributed by atoms with Gasteiger partial charge in [-0.3, -0.25) is 0 Å². The highest BCUT2D eigenvalue weighted by Gasteiger charge is 2.31. The first-order valence-electron chi connectivity index (χ1n) is 5.98. The molecule has 2 heteroatoms. The summed E-state index contributed by atoms with van der Waals surface area (Å²) in [7, 11) is 1.54. The molecule has 0 bridgehead atoms. The van der Waals surface area contributed by atoms with Crippen LogP contribution >= 0.6 is 0 Å². The lowest BCUT2D eigenvalue weighted by Gasteiger charge is -2.32. The summed E-state index contributed by atoms with van der Waals surface area (Å²) in [6.07, 6.45) is 2.76. The largest absolute Gasteiger partial charge is 0.367 e. The van der Waals surface area contributed by atoms with Crippen molar-refractivity contribution in [3.63, 3.8) is 0 Å². The molecule has 0 aliphatic rings. The van der Waals surface area contributed by atoms with Crippen LogP contribution in [0.15, 0.2) is 30.8 Å². The Bertz CT molecular complexity index is 356. The van der Waals surface area contributed by atoms with Gasteiger partial charge in [-0.1, -0.05) is 50.8 Å². The van der Waals surface area contributed by atoms with Gasteiger partial charge in [-0.2, -0.15) is 0 Å². The van der Waals surface area contributed by atoms with Gasteiger partial charge in [0.25, 0.3) is 0 Å². The Kier molecular flexibility index (Phi) is 4.91. The number of hydrogen-bond donors (Lipinski definition) is 1. The molecule has 0 aromatic heterocycles. The normalized spacial score (nSPS) is 16.2. The topological polar surface area (TPSA) is 29.5 Å². The van der Waals surface area contributed by atoms with E-state index in [9.17, 15) is 5.11 Å². The molecule has 1 N–H and O–H groups in total. The molecular weight excluding hydrogens is 212 g/mol. The summed E-state index contributed by atoms with van der Waals surface area (Å²) < 4.78 is 5.06. The lowest BCUT2D eigenvalue weighted by molar-refractivity contribution is -0.153. The van der Waals surface area contributed by atoms with E-state index in [2.05, 4.69) is 25.6 Å². The Hall–Kier alpha value is -1.12. The zero-order valence-electron chi connectivity index (χ0n) is 10.9. The number of ether oxygens (including phenoxy) is 1. The molecule has 0 aliphatic carbocycles. The highest BCUT2D eigenvalue weighted by atomic mass is 16.6. The molecule has 0 saturated carbocycles. The van der Waals surface area contributed by atoms with Crippen molar-refractivity contribution in [3.05, 3.63) is 42.0 Å². The number of rotatable bonds is 6. The number of aliphatic hydroxyl groups excluding tert-OH is 1. The van der Waals surface area contributed by atoms with Crippen molar-refractivity contribution in [2.75, 3.05) is 7.11 Å². The minimum Gasteiger partial charge on any atom is -0.367 e. The van der Waals surface area contributed by atoms with Crippen LogP contribution < -0.4 is 0 Å². The van der Waals surface area contributed by atoms with E-state index in [-0.39, 0.29) is 5.41 Å². The standard InChI is InChI=1S/C15H22O2/c1-5-12-7-9-13(10-8-12)11-15(3,6-2)14(16)17-4/h5,7-10,14,16H,1,6,11H2,2-4H3. The zero-order valence-corrected chi connectivity index (χ0v) is 10.9. The summed E-state index contributed by atoms with van der Waals surface area (Å²) in [5.41, 5.74) is 2.07. The summed E-state index contributed by atoms with van der Waals surface area (Å²) in [6.45, 7) is 7.85. The monoisotopic (exact) mass is 234 g/mol. The Morgan fingerprint density at radius 2 is 2.00 bits per heavy atom. The predicted octanol–water partition coefficient (Wildman–Crippen LogP) is 3.25. The van der Waals surface area contributed by atoms with Gasteiger partial charge < -0.3 is 9.84 Å². The molecule has 1 aromatic rings. The van der Waals surface area contributed by atoms with Gasteiger partial charge in [0.2, 0.25) is 0 Å². The highest BCUT2D eigenvalue weighted by molar-refractivity contribution is 5.47. The van der Waals surface area contributed by atoms with Crippen molar-refractivity contribution < 1.29 is 9.84 Å². The Morgan fingerprint density at radius 3 is 2.41 bits per heavy atom. The van der Waals surface area contributed by atoms with E-state index in [1.165, 1.54) is 5.56 Å². The van der Waals surface area contributed by atoms with Crippen molar-refractivity contribution in [1.29, 1.82) is 0 Å². The van der Waals surface area contributed by atoms with Gasteiger partial charge in [-0.15, -0.1) is 0 Å². The van der Waals surface area contributed by atoms with E-state index in [1.54, 1.807) is 7.11 Å². The van der Waals surface area contributed by atoms with Crippen LogP contribution in [0.25, 0.3) is 6.08 Å². The Labute approximate surface area is 104 Å². The summed E-state index contributed by atoms with van der Waals surface area (Å²) >= 11 is 0. The average Bonchev–Trinajstić information content (AvgIpc) is 2.38. The van der Waals surface area contributed by atoms with E-state index < -0.39 is 6.29 Å². The van der Waals surface area contributed by atoms with Crippen molar-refractivity contribution in [1.82, 2.24) is 0 Å². The molecule has 0 fully saturated rings. The van der Waals surface area contributed by atoms with Crippen molar-refractivity contribution >= 4 is 6.08 Å². The molecule has 1 rings (SSSR count). The maximum atomic E-state index is 9.90. The lowest BCUT2D eigenvalue weighted by atomic mass is 9.80. The van der Waals surface area contributed by atoms with Gasteiger partial charge in [0, 0.05) is 12.5 Å². The number of hydrogen-bond acceptors (Lipinski definition) is 2. The smallest absolute Gasteiger partial charge is 0.159 e. The van der Waals surface area contributed by atoms with E-state index in [4.69, 9.17) is 4.74 Å². The third-order valence-electron chi connectivity index (χ3n) is 3.45. The first kappa shape index (κ1) is 13.9. The number of benzene rings is 1. The average molecular weight is 234 g/mol. The molecule has 2 unspecified atom stereocenters. The molecular formula is C15H22O2. The third-order valence-corrected chi connectivity index (χ3v) is 3.45. The second-order valence-corrected chi connectivity index (χ2v) is 4.72. The minimum absolute atomic E-state index is 0.246. The van der Waals surface area contributed by atoms with Crippen molar-refractivity contribution in [2.24, 2.45) is 5.41 Å². The fourth-order valence-electron chi connectivity index (χ4n) is 1.91.